The van der Waals surface area contributed by atoms with Crippen molar-refractivity contribution < 1.29 is 17.9 Å². The molecule has 2 heterocycles. The van der Waals surface area contributed by atoms with E-state index >= 15 is 0 Å². The number of carbonyl (C=O) groups excluding carboxylic acids is 1. The lowest BCUT2D eigenvalue weighted by atomic mass is 10.1. The Balaban J connectivity index is 1.81. The average molecular weight is 391 g/mol. The van der Waals surface area contributed by atoms with E-state index in [1.54, 1.807) is 7.05 Å². The van der Waals surface area contributed by atoms with Gasteiger partial charge < -0.3 is 14.2 Å². The molecule has 0 N–H and O–H groups in total. The number of anilines is 1. The second-order valence-electron chi connectivity index (χ2n) is 6.91. The van der Waals surface area contributed by atoms with Crippen molar-refractivity contribution in [3.05, 3.63) is 47.8 Å². The number of ether oxygens (including phenoxy) is 1. The Hall–Kier alpha value is -2.32. The molecule has 0 amide bonds. The van der Waals surface area contributed by atoms with Gasteiger partial charge >= 0.3 is 5.97 Å². The molecule has 1 aliphatic rings. The van der Waals surface area contributed by atoms with Gasteiger partial charge in [-0.3, -0.25) is 0 Å². The highest BCUT2D eigenvalue weighted by molar-refractivity contribution is 7.89. The number of aromatic nitrogens is 1. The maximum Gasteiger partial charge on any atom is 0.354 e. The standard InChI is InChI=1S/C19H25N3O4S/c1-14-6-5-7-16(10-14)22-9-8-21(12-15(22)2)27(24,25)17-11-18(19(23)26-4)20(3)13-17/h5-7,10-11,13,15H,8-9,12H2,1-4H3/t15-/m0/s1. The summed E-state index contributed by atoms with van der Waals surface area (Å²) in [5.74, 6) is -0.559. The molecule has 0 radical (unpaired) electrons. The first kappa shape index (κ1) is 19.4. The predicted octanol–water partition coefficient (Wildman–Crippen LogP) is 2.02. The summed E-state index contributed by atoms with van der Waals surface area (Å²) in [4.78, 5) is 14.1. The van der Waals surface area contributed by atoms with Crippen LogP contribution in [0.15, 0.2) is 41.4 Å². The maximum absolute atomic E-state index is 13.0. The van der Waals surface area contributed by atoms with Gasteiger partial charge in [0.1, 0.15) is 10.6 Å². The van der Waals surface area contributed by atoms with Crippen LogP contribution in [0, 0.1) is 6.92 Å². The number of aryl methyl sites for hydroxylation is 2. The third-order valence-electron chi connectivity index (χ3n) is 4.94. The van der Waals surface area contributed by atoms with Gasteiger partial charge in [-0.05, 0) is 37.6 Å². The Morgan fingerprint density at radius 2 is 1.96 bits per heavy atom. The fourth-order valence-corrected chi connectivity index (χ4v) is 5.05. The normalized spacial score (nSPS) is 18.5. The molecule has 146 valence electrons. The molecule has 0 spiro atoms. The highest BCUT2D eigenvalue weighted by Crippen LogP contribution is 2.26. The van der Waals surface area contributed by atoms with Crippen LogP contribution in [0.3, 0.4) is 0 Å². The molecule has 3 rings (SSSR count). The number of rotatable bonds is 4. The second kappa shape index (κ2) is 7.36. The number of methoxy groups -OCH3 is 1. The number of hydrogen-bond acceptors (Lipinski definition) is 5. The lowest BCUT2D eigenvalue weighted by Gasteiger charge is -2.40. The largest absolute Gasteiger partial charge is 0.464 e. The minimum absolute atomic E-state index is 0.0408. The molecule has 27 heavy (non-hydrogen) atoms. The van der Waals surface area contributed by atoms with Crippen LogP contribution in [0.5, 0.6) is 0 Å². The Morgan fingerprint density at radius 1 is 1.22 bits per heavy atom. The Bertz CT molecular complexity index is 952. The molecule has 1 aromatic carbocycles. The first-order chi connectivity index (χ1) is 12.7. The zero-order valence-electron chi connectivity index (χ0n) is 16.0. The lowest BCUT2D eigenvalue weighted by molar-refractivity contribution is 0.0590. The van der Waals surface area contributed by atoms with Gasteiger partial charge in [-0.25, -0.2) is 13.2 Å². The number of carbonyl (C=O) groups is 1. The monoisotopic (exact) mass is 391 g/mol. The number of sulfonamides is 1. The lowest BCUT2D eigenvalue weighted by Crippen LogP contribution is -2.53. The van der Waals surface area contributed by atoms with E-state index in [2.05, 4.69) is 11.0 Å². The third-order valence-corrected chi connectivity index (χ3v) is 6.77. The topological polar surface area (TPSA) is 71.8 Å². The quantitative estimate of drug-likeness (QED) is 0.746. The summed E-state index contributed by atoms with van der Waals surface area (Å²) in [6.45, 7) is 5.46. The van der Waals surface area contributed by atoms with Gasteiger partial charge in [-0.1, -0.05) is 12.1 Å². The van der Waals surface area contributed by atoms with Crippen LogP contribution in [0.25, 0.3) is 0 Å². The van der Waals surface area contributed by atoms with Gasteiger partial charge in [0.25, 0.3) is 0 Å². The summed E-state index contributed by atoms with van der Waals surface area (Å²) in [5, 5.41) is 0. The number of benzene rings is 1. The average Bonchev–Trinajstić information content (AvgIpc) is 3.03. The number of piperazine rings is 1. The molecule has 0 bridgehead atoms. The van der Waals surface area contributed by atoms with Crippen molar-refractivity contribution in [3.63, 3.8) is 0 Å². The fourth-order valence-electron chi connectivity index (χ4n) is 3.46. The van der Waals surface area contributed by atoms with Crippen LogP contribution >= 0.6 is 0 Å². The number of nitrogens with zero attached hydrogens (tertiary/aromatic N) is 3. The summed E-state index contributed by atoms with van der Waals surface area (Å²) >= 11 is 0. The van der Waals surface area contributed by atoms with Crippen LogP contribution in [0.1, 0.15) is 23.0 Å². The van der Waals surface area contributed by atoms with Crippen LogP contribution in [-0.2, 0) is 21.8 Å². The van der Waals surface area contributed by atoms with Crippen LogP contribution in [0.2, 0.25) is 0 Å². The smallest absolute Gasteiger partial charge is 0.354 e. The zero-order valence-corrected chi connectivity index (χ0v) is 16.9. The van der Waals surface area contributed by atoms with E-state index in [1.165, 1.54) is 33.8 Å². The van der Waals surface area contributed by atoms with E-state index < -0.39 is 16.0 Å². The van der Waals surface area contributed by atoms with Crippen molar-refractivity contribution in [2.24, 2.45) is 7.05 Å². The van der Waals surface area contributed by atoms with Gasteiger partial charge in [0, 0.05) is 44.6 Å². The first-order valence-electron chi connectivity index (χ1n) is 8.82. The van der Waals surface area contributed by atoms with Crippen molar-refractivity contribution in [3.8, 4) is 0 Å². The van der Waals surface area contributed by atoms with Crippen molar-refractivity contribution in [1.82, 2.24) is 8.87 Å². The number of hydrogen-bond donors (Lipinski definition) is 0. The SMILES string of the molecule is COC(=O)c1cc(S(=O)(=O)N2CCN(c3cccc(C)c3)[C@@H](C)C2)cn1C. The highest BCUT2D eigenvalue weighted by Gasteiger charge is 2.33. The molecule has 0 saturated carbocycles. The zero-order chi connectivity index (χ0) is 19.8. The highest BCUT2D eigenvalue weighted by atomic mass is 32.2. The summed E-state index contributed by atoms with van der Waals surface area (Å²) in [6, 6.07) is 9.63. The van der Waals surface area contributed by atoms with Gasteiger partial charge in [-0.2, -0.15) is 4.31 Å². The summed E-state index contributed by atoms with van der Waals surface area (Å²) in [5.41, 5.74) is 2.49. The van der Waals surface area contributed by atoms with E-state index in [4.69, 9.17) is 4.74 Å². The Labute approximate surface area is 160 Å². The molecule has 1 saturated heterocycles. The maximum atomic E-state index is 13.0. The minimum Gasteiger partial charge on any atom is -0.464 e. The van der Waals surface area contributed by atoms with Crippen molar-refractivity contribution in [2.75, 3.05) is 31.6 Å². The minimum atomic E-state index is -3.67. The van der Waals surface area contributed by atoms with Gasteiger partial charge in [0.2, 0.25) is 10.0 Å². The molecule has 0 unspecified atom stereocenters. The van der Waals surface area contributed by atoms with Crippen LogP contribution < -0.4 is 4.90 Å². The first-order valence-corrected chi connectivity index (χ1v) is 10.3. The van der Waals surface area contributed by atoms with Crippen molar-refractivity contribution >= 4 is 21.7 Å². The molecular formula is C19H25N3O4S. The van der Waals surface area contributed by atoms with Gasteiger partial charge in [0.15, 0.2) is 0 Å². The van der Waals surface area contributed by atoms with Crippen LogP contribution in [0.4, 0.5) is 5.69 Å². The van der Waals surface area contributed by atoms with E-state index in [9.17, 15) is 13.2 Å². The molecule has 1 aliphatic heterocycles. The van der Waals surface area contributed by atoms with Crippen LogP contribution in [-0.4, -0.2) is 56.0 Å². The van der Waals surface area contributed by atoms with Crippen molar-refractivity contribution in [1.29, 1.82) is 0 Å². The third kappa shape index (κ3) is 3.72. The molecule has 1 fully saturated rings. The Kier molecular flexibility index (Phi) is 5.30. The van der Waals surface area contributed by atoms with E-state index in [0.717, 1.165) is 5.69 Å². The summed E-state index contributed by atoms with van der Waals surface area (Å²) in [6.07, 6.45) is 1.46. The van der Waals surface area contributed by atoms with Crippen molar-refractivity contribution in [2.45, 2.75) is 24.8 Å². The molecule has 1 aromatic heterocycles. The summed E-state index contributed by atoms with van der Waals surface area (Å²) in [7, 11) is -0.772. The van der Waals surface area contributed by atoms with E-state index in [1.807, 2.05) is 32.0 Å². The molecule has 0 aliphatic carbocycles. The molecular weight excluding hydrogens is 366 g/mol. The molecule has 7 nitrogen and oxygen atoms in total. The second-order valence-corrected chi connectivity index (χ2v) is 8.85. The summed E-state index contributed by atoms with van der Waals surface area (Å²) < 4.78 is 33.8. The van der Waals surface area contributed by atoms with E-state index in [-0.39, 0.29) is 16.6 Å². The molecule has 8 heteroatoms. The fraction of sp³-hybridized carbons (Fsp3) is 0.421. The van der Waals surface area contributed by atoms with E-state index in [0.29, 0.717) is 19.6 Å². The predicted molar refractivity (Wildman–Crippen MR) is 103 cm³/mol. The molecule has 2 aromatic rings. The molecule has 1 atom stereocenters. The number of esters is 1. The van der Waals surface area contributed by atoms with Gasteiger partial charge in [0.05, 0.1) is 7.11 Å². The Morgan fingerprint density at radius 3 is 2.59 bits per heavy atom. The van der Waals surface area contributed by atoms with Gasteiger partial charge in [-0.15, -0.1) is 0 Å².